The lowest BCUT2D eigenvalue weighted by Crippen LogP contribution is -2.41. The number of nitrogens with zero attached hydrogens (tertiary/aromatic N) is 6. The minimum atomic E-state index is -0.699. The minimum absolute atomic E-state index is 0.0140. The zero-order valence-electron chi connectivity index (χ0n) is 19.8. The first kappa shape index (κ1) is 27.8. The van der Waals surface area contributed by atoms with E-state index in [4.69, 9.17) is 40.4 Å². The van der Waals surface area contributed by atoms with Crippen LogP contribution < -0.4 is 27.0 Å². The summed E-state index contributed by atoms with van der Waals surface area (Å²) in [5.74, 6) is -1.36. The van der Waals surface area contributed by atoms with Crippen LogP contribution in [0.5, 0.6) is 0 Å². The molecule has 2 aliphatic heterocycles. The third-order valence-electron chi connectivity index (χ3n) is 5.77. The van der Waals surface area contributed by atoms with Gasteiger partial charge in [0.2, 0.25) is 22.4 Å². The quantitative estimate of drug-likeness (QED) is 0.320. The van der Waals surface area contributed by atoms with E-state index >= 15 is 0 Å². The van der Waals surface area contributed by atoms with Crippen LogP contribution in [0.2, 0.25) is 10.6 Å². The summed E-state index contributed by atoms with van der Waals surface area (Å²) in [6.07, 6.45) is 2.96. The average molecular weight is 554 g/mol. The number of nitrogens with two attached hydrogens (primary N) is 3. The third kappa shape index (κ3) is 6.71. The van der Waals surface area contributed by atoms with Gasteiger partial charge in [0.1, 0.15) is 29.4 Å². The molecule has 16 heteroatoms. The second-order valence-electron chi connectivity index (χ2n) is 8.12. The highest BCUT2D eigenvalue weighted by Gasteiger charge is 2.32. The molecule has 0 unspecified atom stereocenters. The smallest absolute Gasteiger partial charge is 0.356 e. The Bertz CT molecular complexity index is 1210. The number of carbonyl (C=O) groups excluding carboxylic acids is 4. The summed E-state index contributed by atoms with van der Waals surface area (Å²) in [7, 11) is 1.25. The molecule has 198 valence electrons. The molecule has 0 saturated carbocycles. The molecule has 2 fully saturated rings. The number of hydrogen-bond donors (Lipinski definition) is 3. The monoisotopic (exact) mass is 553 g/mol. The van der Waals surface area contributed by atoms with Crippen LogP contribution in [0, 0.1) is 0 Å². The van der Waals surface area contributed by atoms with Gasteiger partial charge in [0.15, 0.2) is 5.69 Å². The fourth-order valence-corrected chi connectivity index (χ4v) is 4.47. The van der Waals surface area contributed by atoms with Crippen LogP contribution in [-0.2, 0) is 14.3 Å². The molecule has 4 heterocycles. The molecule has 3 amide bonds. The van der Waals surface area contributed by atoms with Gasteiger partial charge in [-0.05, 0) is 48.9 Å². The second kappa shape index (κ2) is 12.0. The Balaban J connectivity index is 0.000000206. The number of methoxy groups -OCH3 is 1. The van der Waals surface area contributed by atoms with E-state index in [0.717, 1.165) is 12.8 Å². The van der Waals surface area contributed by atoms with Gasteiger partial charge in [-0.2, -0.15) is 0 Å². The fraction of sp³-hybridized carbons (Fsp3) is 0.429. The second-order valence-corrected chi connectivity index (χ2v) is 8.80. The van der Waals surface area contributed by atoms with Gasteiger partial charge in [0.05, 0.1) is 7.11 Å². The van der Waals surface area contributed by atoms with Crippen LogP contribution in [-0.4, -0.2) is 75.9 Å². The SMILES string of the molecule is COC(=O)c1cc(N2CCC[C@H]2C(N)=O)nc(Cl)n1.NC(=O)c1cc(N2CCC[C@H]2C(N)=O)nc(Cl)n1. The Hall–Kier alpha value is -3.78. The Morgan fingerprint density at radius 3 is 1.65 bits per heavy atom. The molecular weight excluding hydrogens is 529 g/mol. The Labute approximate surface area is 221 Å². The van der Waals surface area contributed by atoms with Crippen molar-refractivity contribution in [3.05, 3.63) is 34.1 Å². The maximum absolute atomic E-state index is 11.5. The number of rotatable bonds is 6. The summed E-state index contributed by atoms with van der Waals surface area (Å²) in [6.45, 7) is 1.25. The van der Waals surface area contributed by atoms with Crippen LogP contribution in [0.4, 0.5) is 11.6 Å². The van der Waals surface area contributed by atoms with Gasteiger partial charge < -0.3 is 31.7 Å². The number of aromatic nitrogens is 4. The average Bonchev–Trinajstić information content (AvgIpc) is 3.53. The molecule has 0 aromatic carbocycles. The lowest BCUT2D eigenvalue weighted by atomic mass is 10.2. The van der Waals surface area contributed by atoms with Crippen LogP contribution in [0.1, 0.15) is 46.7 Å². The zero-order valence-corrected chi connectivity index (χ0v) is 21.3. The normalized spacial score (nSPS) is 18.7. The Kier molecular flexibility index (Phi) is 8.99. The van der Waals surface area contributed by atoms with Gasteiger partial charge in [-0.1, -0.05) is 0 Å². The summed E-state index contributed by atoms with van der Waals surface area (Å²) < 4.78 is 4.59. The van der Waals surface area contributed by atoms with Gasteiger partial charge in [0, 0.05) is 25.2 Å². The summed E-state index contributed by atoms with van der Waals surface area (Å²) in [5.41, 5.74) is 15.9. The standard InChI is InChI=1S/C11H13ClN4O3.C10H12ClN5O2/c1-19-10(18)6-5-8(15-11(12)14-6)16-4-2-3-7(16)9(13)17;11-10-14-5(8(12)17)4-7(15-10)16-3-1-2-6(16)9(13)18/h5,7H,2-4H2,1H3,(H2,13,17);4,6H,1-3H2,(H2,12,17)(H2,13,18)/t7-;6-/m00/s1. The number of ether oxygens (including phenoxy) is 1. The van der Waals surface area contributed by atoms with Gasteiger partial charge >= 0.3 is 5.97 Å². The van der Waals surface area contributed by atoms with Gasteiger partial charge in [-0.15, -0.1) is 0 Å². The van der Waals surface area contributed by atoms with Crippen molar-refractivity contribution in [2.24, 2.45) is 17.2 Å². The molecule has 2 aromatic heterocycles. The van der Waals surface area contributed by atoms with E-state index in [2.05, 4.69) is 24.7 Å². The third-order valence-corrected chi connectivity index (χ3v) is 6.11. The van der Waals surface area contributed by atoms with Crippen molar-refractivity contribution in [1.29, 1.82) is 0 Å². The number of amides is 3. The molecule has 2 saturated heterocycles. The molecule has 6 N–H and O–H groups in total. The van der Waals surface area contributed by atoms with Crippen LogP contribution in [0.25, 0.3) is 0 Å². The van der Waals surface area contributed by atoms with Crippen molar-refractivity contribution >= 4 is 58.5 Å². The molecule has 4 rings (SSSR count). The van der Waals surface area contributed by atoms with Crippen LogP contribution in [0.15, 0.2) is 12.1 Å². The largest absolute Gasteiger partial charge is 0.464 e. The van der Waals surface area contributed by atoms with Crippen molar-refractivity contribution in [3.8, 4) is 0 Å². The van der Waals surface area contributed by atoms with E-state index in [-0.39, 0.29) is 22.0 Å². The van der Waals surface area contributed by atoms with E-state index in [1.54, 1.807) is 9.80 Å². The summed E-state index contributed by atoms with van der Waals surface area (Å²) in [6, 6.07) is 1.99. The number of primary amides is 3. The summed E-state index contributed by atoms with van der Waals surface area (Å²) in [5, 5.41) is -0.163. The topological polar surface area (TPSA) is 214 Å². The lowest BCUT2D eigenvalue weighted by molar-refractivity contribution is -0.119. The van der Waals surface area contributed by atoms with E-state index in [9.17, 15) is 19.2 Å². The molecule has 0 spiro atoms. The van der Waals surface area contributed by atoms with Crippen LogP contribution >= 0.6 is 23.2 Å². The fourth-order valence-electron chi connectivity index (χ4n) is 4.11. The maximum atomic E-state index is 11.5. The first-order valence-corrected chi connectivity index (χ1v) is 11.9. The highest BCUT2D eigenvalue weighted by atomic mass is 35.5. The van der Waals surface area contributed by atoms with Crippen molar-refractivity contribution in [3.63, 3.8) is 0 Å². The molecule has 0 radical (unpaired) electrons. The molecule has 2 atom stereocenters. The molecule has 2 aromatic rings. The highest BCUT2D eigenvalue weighted by molar-refractivity contribution is 6.28. The molecule has 0 aliphatic carbocycles. The van der Waals surface area contributed by atoms with Gasteiger partial charge in [-0.3, -0.25) is 14.4 Å². The van der Waals surface area contributed by atoms with Crippen molar-refractivity contribution in [1.82, 2.24) is 19.9 Å². The number of anilines is 2. The van der Waals surface area contributed by atoms with Crippen molar-refractivity contribution in [2.75, 3.05) is 30.0 Å². The highest BCUT2D eigenvalue weighted by Crippen LogP contribution is 2.26. The molecule has 14 nitrogen and oxygen atoms in total. The summed E-state index contributed by atoms with van der Waals surface area (Å²) >= 11 is 11.5. The Morgan fingerprint density at radius 1 is 0.811 bits per heavy atom. The van der Waals surface area contributed by atoms with Crippen molar-refractivity contribution < 1.29 is 23.9 Å². The number of esters is 1. The number of carbonyl (C=O) groups is 4. The van der Waals surface area contributed by atoms with Gasteiger partial charge in [-0.25, -0.2) is 24.7 Å². The lowest BCUT2D eigenvalue weighted by Gasteiger charge is -2.23. The summed E-state index contributed by atoms with van der Waals surface area (Å²) in [4.78, 5) is 64.2. The molecule has 37 heavy (non-hydrogen) atoms. The van der Waals surface area contributed by atoms with E-state index in [1.165, 1.54) is 19.2 Å². The van der Waals surface area contributed by atoms with Crippen molar-refractivity contribution in [2.45, 2.75) is 37.8 Å². The predicted octanol–water partition coefficient (Wildman–Crippen LogP) is 0.0537. The van der Waals surface area contributed by atoms with E-state index < -0.39 is 35.8 Å². The van der Waals surface area contributed by atoms with Gasteiger partial charge in [0.25, 0.3) is 5.91 Å². The van der Waals surface area contributed by atoms with Crippen LogP contribution in [0.3, 0.4) is 0 Å². The minimum Gasteiger partial charge on any atom is -0.464 e. The molecule has 0 bridgehead atoms. The zero-order chi connectivity index (χ0) is 27.3. The number of hydrogen-bond acceptors (Lipinski definition) is 11. The Morgan fingerprint density at radius 2 is 1.24 bits per heavy atom. The molecular formula is C21H25Cl2N9O5. The predicted molar refractivity (Wildman–Crippen MR) is 133 cm³/mol. The molecule has 2 aliphatic rings. The number of halogens is 2. The maximum Gasteiger partial charge on any atom is 0.356 e. The first-order chi connectivity index (χ1) is 17.5. The first-order valence-electron chi connectivity index (χ1n) is 11.1. The van der Waals surface area contributed by atoms with E-state index in [1.807, 2.05) is 0 Å². The van der Waals surface area contributed by atoms with E-state index in [0.29, 0.717) is 37.6 Å².